The number of hydrogen-bond acceptors (Lipinski definition) is 4. The minimum atomic E-state index is -1.10. The third-order valence-corrected chi connectivity index (χ3v) is 5.14. The number of carboxylic acids is 1. The van der Waals surface area contributed by atoms with Crippen molar-refractivity contribution in [3.8, 4) is 5.75 Å². The molecule has 3 aromatic rings. The average molecular weight is 410 g/mol. The Morgan fingerprint density at radius 3 is 2.63 bits per heavy atom. The summed E-state index contributed by atoms with van der Waals surface area (Å²) in [6.07, 6.45) is -0.715. The van der Waals surface area contributed by atoms with Crippen molar-refractivity contribution in [2.75, 3.05) is 6.61 Å². The Morgan fingerprint density at radius 1 is 1.17 bits per heavy atom. The van der Waals surface area contributed by atoms with E-state index < -0.39 is 29.6 Å². The molecule has 5 nitrogen and oxygen atoms in total. The monoisotopic (exact) mass is 410 g/mol. The molecule has 6 heteroatoms. The van der Waals surface area contributed by atoms with Crippen LogP contribution in [0.3, 0.4) is 0 Å². The number of fused-ring (bicyclic) bond motifs is 1. The van der Waals surface area contributed by atoms with Gasteiger partial charge < -0.3 is 19.3 Å². The van der Waals surface area contributed by atoms with Crippen LogP contribution < -0.4 is 4.74 Å². The van der Waals surface area contributed by atoms with Crippen molar-refractivity contribution in [3.63, 3.8) is 0 Å². The van der Waals surface area contributed by atoms with Gasteiger partial charge in [0.25, 0.3) is 0 Å². The largest absolute Gasteiger partial charge is 0.489 e. The molecule has 0 bridgehead atoms. The van der Waals surface area contributed by atoms with E-state index in [1.165, 1.54) is 12.1 Å². The molecular weight excluding hydrogens is 387 g/mol. The molecular formula is C24H23FO5. The lowest BCUT2D eigenvalue weighted by molar-refractivity contribution is -0.153. The molecule has 30 heavy (non-hydrogen) atoms. The van der Waals surface area contributed by atoms with Crippen molar-refractivity contribution in [1.29, 1.82) is 0 Å². The van der Waals surface area contributed by atoms with Crippen LogP contribution >= 0.6 is 0 Å². The van der Waals surface area contributed by atoms with Gasteiger partial charge in [-0.05, 0) is 53.9 Å². The first kappa shape index (κ1) is 20.3. The van der Waals surface area contributed by atoms with Gasteiger partial charge in [0.2, 0.25) is 0 Å². The topological polar surface area (TPSA) is 65.0 Å². The van der Waals surface area contributed by atoms with E-state index in [2.05, 4.69) is 0 Å². The zero-order valence-electron chi connectivity index (χ0n) is 16.8. The maximum Gasteiger partial charge on any atom is 0.313 e. The smallest absolute Gasteiger partial charge is 0.313 e. The molecule has 0 aromatic heterocycles. The first-order chi connectivity index (χ1) is 14.3. The minimum Gasteiger partial charge on any atom is -0.489 e. The van der Waals surface area contributed by atoms with Gasteiger partial charge in [-0.15, -0.1) is 0 Å². The number of ether oxygens (including phenoxy) is 3. The zero-order valence-corrected chi connectivity index (χ0v) is 16.8. The predicted octanol–water partition coefficient (Wildman–Crippen LogP) is 4.88. The van der Waals surface area contributed by atoms with Crippen LogP contribution in [0.5, 0.6) is 5.75 Å². The Labute approximate surface area is 174 Å². The van der Waals surface area contributed by atoms with Crippen LogP contribution in [-0.2, 0) is 20.9 Å². The Bertz CT molecular complexity index is 1080. The van der Waals surface area contributed by atoms with E-state index in [-0.39, 0.29) is 24.5 Å². The van der Waals surface area contributed by atoms with E-state index in [1.807, 2.05) is 42.5 Å². The average Bonchev–Trinajstić information content (AvgIpc) is 3.05. The van der Waals surface area contributed by atoms with Crippen LogP contribution in [0.15, 0.2) is 60.7 Å². The number of rotatable bonds is 6. The molecule has 1 N–H and O–H groups in total. The second-order valence-electron chi connectivity index (χ2n) is 7.87. The van der Waals surface area contributed by atoms with Gasteiger partial charge in [-0.25, -0.2) is 4.39 Å². The van der Waals surface area contributed by atoms with E-state index in [0.29, 0.717) is 0 Å². The lowest BCUT2D eigenvalue weighted by Crippen LogP contribution is -2.30. The summed E-state index contributed by atoms with van der Waals surface area (Å²) in [5.41, 5.74) is 1.21. The molecule has 0 aliphatic carbocycles. The van der Waals surface area contributed by atoms with E-state index in [9.17, 15) is 14.3 Å². The maximum atomic E-state index is 14.3. The number of hydrogen-bond donors (Lipinski definition) is 1. The van der Waals surface area contributed by atoms with Crippen LogP contribution in [0.25, 0.3) is 10.8 Å². The summed E-state index contributed by atoms with van der Waals surface area (Å²) in [5.74, 6) is -3.34. The van der Waals surface area contributed by atoms with Gasteiger partial charge in [-0.3, -0.25) is 4.79 Å². The van der Waals surface area contributed by atoms with E-state index in [0.717, 1.165) is 16.3 Å². The molecule has 2 unspecified atom stereocenters. The second-order valence-corrected chi connectivity index (χ2v) is 7.87. The highest BCUT2D eigenvalue weighted by atomic mass is 19.1. The molecule has 4 rings (SSSR count). The Hall–Kier alpha value is -2.96. The van der Waals surface area contributed by atoms with Crippen molar-refractivity contribution < 1.29 is 28.5 Å². The third-order valence-electron chi connectivity index (χ3n) is 5.14. The van der Waals surface area contributed by atoms with Crippen molar-refractivity contribution >= 4 is 16.7 Å². The van der Waals surface area contributed by atoms with Gasteiger partial charge in [0.05, 0.1) is 6.61 Å². The molecule has 1 fully saturated rings. The van der Waals surface area contributed by atoms with Crippen LogP contribution in [0, 0.1) is 5.82 Å². The molecule has 1 aliphatic rings. The highest BCUT2D eigenvalue weighted by molar-refractivity contribution is 5.83. The van der Waals surface area contributed by atoms with Gasteiger partial charge in [0.1, 0.15) is 30.2 Å². The maximum absolute atomic E-state index is 14.3. The quantitative estimate of drug-likeness (QED) is 0.628. The van der Waals surface area contributed by atoms with Crippen molar-refractivity contribution in [2.24, 2.45) is 0 Å². The normalized spacial score (nSPS) is 19.0. The van der Waals surface area contributed by atoms with Crippen LogP contribution in [0.1, 0.15) is 30.9 Å². The standard InChI is InChI=1S/C24H23FO5/c1-24(2)29-14-21(30-24)22(23(26)27)18-10-19(25)12-20(11-18)28-13-15-7-8-16-5-3-4-6-17(16)9-15/h3-12,21-22H,13-14H2,1-2H3,(H,26,27). The van der Waals surface area contributed by atoms with Crippen LogP contribution in [0.4, 0.5) is 4.39 Å². The number of carbonyl (C=O) groups is 1. The van der Waals surface area contributed by atoms with Crippen LogP contribution in [-0.4, -0.2) is 29.6 Å². The van der Waals surface area contributed by atoms with Crippen LogP contribution in [0.2, 0.25) is 0 Å². The fraction of sp³-hybridized carbons (Fsp3) is 0.292. The minimum absolute atomic E-state index is 0.119. The van der Waals surface area contributed by atoms with Crippen molar-refractivity contribution in [3.05, 3.63) is 77.6 Å². The summed E-state index contributed by atoms with van der Waals surface area (Å²) < 4.78 is 31.3. The van der Waals surface area contributed by atoms with Gasteiger partial charge in [0, 0.05) is 6.07 Å². The first-order valence-electron chi connectivity index (χ1n) is 9.76. The van der Waals surface area contributed by atoms with Gasteiger partial charge in [0.15, 0.2) is 5.79 Å². The van der Waals surface area contributed by atoms with Crippen molar-refractivity contribution in [2.45, 2.75) is 38.3 Å². The van der Waals surface area contributed by atoms with Crippen molar-refractivity contribution in [1.82, 2.24) is 0 Å². The molecule has 0 spiro atoms. The van der Waals surface area contributed by atoms with Gasteiger partial charge in [-0.2, -0.15) is 0 Å². The number of halogens is 1. The summed E-state index contributed by atoms with van der Waals surface area (Å²) in [7, 11) is 0. The number of aliphatic carboxylic acids is 1. The molecule has 0 saturated carbocycles. The Balaban J connectivity index is 1.55. The summed E-state index contributed by atoms with van der Waals surface area (Å²) in [6.45, 7) is 3.79. The molecule has 156 valence electrons. The fourth-order valence-corrected chi connectivity index (χ4v) is 3.74. The Kier molecular flexibility index (Phi) is 5.45. The third kappa shape index (κ3) is 4.45. The molecule has 1 aliphatic heterocycles. The van der Waals surface area contributed by atoms with Gasteiger partial charge >= 0.3 is 5.97 Å². The van der Waals surface area contributed by atoms with Gasteiger partial charge in [-0.1, -0.05) is 36.4 Å². The molecule has 0 radical (unpaired) electrons. The first-order valence-corrected chi connectivity index (χ1v) is 9.76. The molecule has 3 aromatic carbocycles. The predicted molar refractivity (Wildman–Crippen MR) is 110 cm³/mol. The molecule has 2 atom stereocenters. The molecule has 1 heterocycles. The number of benzene rings is 3. The number of carboxylic acid groups (broad SMARTS) is 1. The SMILES string of the molecule is CC1(C)OCC(C(C(=O)O)c2cc(F)cc(OCc3ccc4ccccc4c3)c2)O1. The fourth-order valence-electron chi connectivity index (χ4n) is 3.74. The highest BCUT2D eigenvalue weighted by Crippen LogP contribution is 2.34. The summed E-state index contributed by atoms with van der Waals surface area (Å²) in [6, 6.07) is 18.0. The summed E-state index contributed by atoms with van der Waals surface area (Å²) in [5, 5.41) is 12.0. The summed E-state index contributed by atoms with van der Waals surface area (Å²) in [4.78, 5) is 11.9. The van der Waals surface area contributed by atoms with E-state index >= 15 is 0 Å². The van der Waals surface area contributed by atoms with E-state index in [1.54, 1.807) is 19.9 Å². The lowest BCUT2D eigenvalue weighted by Gasteiger charge is -2.22. The summed E-state index contributed by atoms with van der Waals surface area (Å²) >= 11 is 0. The van der Waals surface area contributed by atoms with E-state index in [4.69, 9.17) is 14.2 Å². The second kappa shape index (κ2) is 8.05. The highest BCUT2D eigenvalue weighted by Gasteiger charge is 2.41. The Morgan fingerprint density at radius 2 is 1.93 bits per heavy atom. The molecule has 1 saturated heterocycles. The zero-order chi connectivity index (χ0) is 21.3. The molecule has 0 amide bonds. The lowest BCUT2D eigenvalue weighted by atomic mass is 9.93.